The van der Waals surface area contributed by atoms with Crippen molar-refractivity contribution in [3.63, 3.8) is 0 Å². The monoisotopic (exact) mass is 267 g/mol. The van der Waals surface area contributed by atoms with Gasteiger partial charge in [0, 0.05) is 9.60 Å². The molecule has 0 saturated heterocycles. The maximum absolute atomic E-state index is 12.1. The molecule has 0 aromatic rings. The van der Waals surface area contributed by atoms with E-state index < -0.39 is 48.8 Å². The Bertz CT molecular complexity index is 513. The number of carbonyl (C=O) groups excluding carboxylic acids is 1. The van der Waals surface area contributed by atoms with Gasteiger partial charge in [-0.25, -0.2) is 4.79 Å². The first-order chi connectivity index (χ1) is 10.7. The van der Waals surface area contributed by atoms with E-state index in [-0.39, 0.29) is 0 Å². The van der Waals surface area contributed by atoms with E-state index in [1.807, 2.05) is 5.32 Å². The van der Waals surface area contributed by atoms with Gasteiger partial charge in [0.2, 0.25) is 0 Å². The summed E-state index contributed by atoms with van der Waals surface area (Å²) in [5, 5.41) is 11.1. The van der Waals surface area contributed by atoms with Crippen molar-refractivity contribution in [2.45, 2.75) is 58.6 Å². The molecule has 0 aliphatic heterocycles. The zero-order chi connectivity index (χ0) is 20.6. The van der Waals surface area contributed by atoms with Gasteiger partial charge in [-0.1, -0.05) is 13.7 Å². The van der Waals surface area contributed by atoms with E-state index in [0.29, 0.717) is 0 Å². The molecule has 0 fully saturated rings. The molecule has 0 aliphatic rings. The minimum Gasteiger partial charge on any atom is -0.480 e. The molecular weight excluding hydrogens is 236 g/mol. The highest BCUT2D eigenvalue weighted by Crippen LogP contribution is 2.21. The molecule has 18 heavy (non-hydrogen) atoms. The Morgan fingerprint density at radius 1 is 1.39 bits per heavy atom. The number of hydrogen-bond acceptors (Lipinski definition) is 4. The summed E-state index contributed by atoms with van der Waals surface area (Å²) in [4.78, 5) is 23.4. The highest BCUT2D eigenvalue weighted by molar-refractivity contribution is 5.77. The number of rotatable bonds is 4. The molecule has 6 nitrogen and oxygen atoms in total. The summed E-state index contributed by atoms with van der Waals surface area (Å²) in [7, 11) is 0. The summed E-state index contributed by atoms with van der Waals surface area (Å²) in [6, 6.07) is -2.21. The molecule has 2 atom stereocenters. The second-order valence-corrected chi connectivity index (χ2v) is 5.02. The standard InChI is InChI=1S/C12H24N2O4/c1-7(2)12(6,8(13)9(15)16)14-10(17)18-11(3,4)5/h7-8H,13H2,1-6H3,(H,14,17)(H,15,16)/i1D3,2D3,7D. The van der Waals surface area contributed by atoms with E-state index in [4.69, 9.17) is 20.1 Å². The van der Waals surface area contributed by atoms with Crippen molar-refractivity contribution in [1.29, 1.82) is 0 Å². The molecule has 0 aromatic heterocycles. The van der Waals surface area contributed by atoms with Crippen molar-refractivity contribution in [2.75, 3.05) is 0 Å². The Labute approximate surface area is 118 Å². The Balaban J connectivity index is 6.40. The molecule has 0 aliphatic carbocycles. The maximum atomic E-state index is 12.1. The zero-order valence-corrected chi connectivity index (χ0v) is 10.8. The molecule has 106 valence electrons. The minimum absolute atomic E-state index is 0.793. The predicted molar refractivity (Wildman–Crippen MR) is 68.2 cm³/mol. The van der Waals surface area contributed by atoms with Gasteiger partial charge in [-0.3, -0.25) is 4.79 Å². The van der Waals surface area contributed by atoms with Crippen LogP contribution in [0.1, 0.15) is 51.0 Å². The smallest absolute Gasteiger partial charge is 0.408 e. The average Bonchev–Trinajstić information content (AvgIpc) is 2.30. The summed E-state index contributed by atoms with van der Waals surface area (Å²) in [6.07, 6.45) is -1.29. The maximum Gasteiger partial charge on any atom is 0.408 e. The summed E-state index contributed by atoms with van der Waals surface area (Å²) in [6.45, 7) is -1.75. The summed E-state index contributed by atoms with van der Waals surface area (Å²) in [5.41, 5.74) is 1.75. The number of nitrogens with two attached hydrogens (primary N) is 1. The lowest BCUT2D eigenvalue weighted by molar-refractivity contribution is -0.141. The van der Waals surface area contributed by atoms with Gasteiger partial charge in [0.25, 0.3) is 0 Å². The van der Waals surface area contributed by atoms with Gasteiger partial charge < -0.3 is 20.9 Å². The van der Waals surface area contributed by atoms with Crippen LogP contribution in [0.5, 0.6) is 0 Å². The number of alkyl carbamates (subject to hydrolysis) is 1. The fourth-order valence-electron chi connectivity index (χ4n) is 1.06. The van der Waals surface area contributed by atoms with Crippen LogP contribution in [0.3, 0.4) is 0 Å². The Kier molecular flexibility index (Phi) is 2.47. The van der Waals surface area contributed by atoms with Gasteiger partial charge in [-0.05, 0) is 33.6 Å². The first-order valence-corrected chi connectivity index (χ1v) is 5.20. The average molecular weight is 267 g/mol. The SMILES string of the molecule is [2H]C([2H])([2H])C([2H])(C([2H])([2H])[2H])C(C)(NC(=O)OC(C)(C)C)C(N)C(=O)O. The highest BCUT2D eigenvalue weighted by Gasteiger charge is 2.41. The van der Waals surface area contributed by atoms with E-state index in [9.17, 15) is 14.7 Å². The molecule has 4 N–H and O–H groups in total. The molecule has 0 radical (unpaired) electrons. The third-order valence-corrected chi connectivity index (χ3v) is 2.17. The lowest BCUT2D eigenvalue weighted by atomic mass is 9.82. The molecule has 6 heteroatoms. The zero-order valence-electron chi connectivity index (χ0n) is 17.8. The van der Waals surface area contributed by atoms with E-state index >= 15 is 0 Å². The van der Waals surface area contributed by atoms with Crippen molar-refractivity contribution in [3.8, 4) is 0 Å². The van der Waals surface area contributed by atoms with E-state index in [2.05, 4.69) is 0 Å². The molecule has 1 amide bonds. The first kappa shape index (κ1) is 7.99. The number of hydrogen-bond donors (Lipinski definition) is 3. The van der Waals surface area contributed by atoms with E-state index in [1.54, 1.807) is 0 Å². The number of ether oxygens (including phenoxy) is 1. The van der Waals surface area contributed by atoms with Crippen LogP contribution < -0.4 is 11.1 Å². The third kappa shape index (κ3) is 4.52. The summed E-state index contributed by atoms with van der Waals surface area (Å²) < 4.78 is 58.1. The van der Waals surface area contributed by atoms with Crippen molar-refractivity contribution in [3.05, 3.63) is 0 Å². The number of aliphatic carboxylic acids is 1. The normalized spacial score (nSPS) is 24.6. The van der Waals surface area contributed by atoms with Crippen molar-refractivity contribution in [1.82, 2.24) is 5.32 Å². The van der Waals surface area contributed by atoms with Crippen LogP contribution in [0.15, 0.2) is 0 Å². The van der Waals surface area contributed by atoms with Gasteiger partial charge >= 0.3 is 12.1 Å². The first-order valence-electron chi connectivity index (χ1n) is 8.70. The van der Waals surface area contributed by atoms with E-state index in [0.717, 1.165) is 6.92 Å². The number of carbonyl (C=O) groups is 2. The number of nitrogens with one attached hydrogen (secondary N) is 1. The molecule has 2 unspecified atom stereocenters. The minimum atomic E-state index is -3.50. The van der Waals surface area contributed by atoms with Crippen LogP contribution in [-0.2, 0) is 9.53 Å². The number of amides is 1. The lowest BCUT2D eigenvalue weighted by Gasteiger charge is -2.38. The van der Waals surface area contributed by atoms with E-state index in [1.165, 1.54) is 20.8 Å². The fraction of sp³-hybridized carbons (Fsp3) is 0.833. The molecule has 0 aromatic carbocycles. The van der Waals surface area contributed by atoms with Crippen LogP contribution in [0.25, 0.3) is 0 Å². The number of carboxylic acid groups (broad SMARTS) is 1. The van der Waals surface area contributed by atoms with Crippen molar-refractivity contribution in [2.24, 2.45) is 11.6 Å². The Morgan fingerprint density at radius 2 is 1.89 bits per heavy atom. The van der Waals surface area contributed by atoms with Gasteiger partial charge in [-0.15, -0.1) is 0 Å². The Morgan fingerprint density at radius 3 is 2.22 bits per heavy atom. The largest absolute Gasteiger partial charge is 0.480 e. The topological polar surface area (TPSA) is 102 Å². The highest BCUT2D eigenvalue weighted by atomic mass is 16.6. The van der Waals surface area contributed by atoms with Crippen LogP contribution in [-0.4, -0.2) is 34.4 Å². The fourth-order valence-corrected chi connectivity index (χ4v) is 1.06. The van der Waals surface area contributed by atoms with Crippen LogP contribution in [0.4, 0.5) is 4.79 Å². The predicted octanol–water partition coefficient (Wildman–Crippen LogP) is 1.34. The van der Waals surface area contributed by atoms with Crippen molar-refractivity contribution < 1.29 is 29.0 Å². The summed E-state index contributed by atoms with van der Waals surface area (Å²) in [5.74, 6) is -5.22. The quantitative estimate of drug-likeness (QED) is 0.713. The molecular formula is C12H24N2O4. The third-order valence-electron chi connectivity index (χ3n) is 2.17. The molecule has 0 bridgehead atoms. The number of carboxylic acids is 1. The lowest BCUT2D eigenvalue weighted by Crippen LogP contribution is -2.64. The van der Waals surface area contributed by atoms with Crippen LogP contribution in [0, 0.1) is 5.89 Å². The van der Waals surface area contributed by atoms with Gasteiger partial charge in [0.1, 0.15) is 11.6 Å². The van der Waals surface area contributed by atoms with Gasteiger partial charge in [0.15, 0.2) is 0 Å². The van der Waals surface area contributed by atoms with Gasteiger partial charge in [-0.2, -0.15) is 0 Å². The van der Waals surface area contributed by atoms with Crippen molar-refractivity contribution >= 4 is 12.1 Å². The molecule has 0 rings (SSSR count). The van der Waals surface area contributed by atoms with Crippen LogP contribution >= 0.6 is 0 Å². The molecule has 0 spiro atoms. The second-order valence-electron chi connectivity index (χ2n) is 5.02. The molecule has 0 heterocycles. The summed E-state index contributed by atoms with van der Waals surface area (Å²) >= 11 is 0. The molecule has 0 saturated carbocycles. The second kappa shape index (κ2) is 5.56. The van der Waals surface area contributed by atoms with Gasteiger partial charge in [0.05, 0.1) is 5.54 Å². The Hall–Kier alpha value is -1.30. The van der Waals surface area contributed by atoms with Crippen LogP contribution in [0.2, 0.25) is 0 Å².